The fraction of sp³-hybridized carbons (Fsp3) is 0.471. The molecule has 3 N–H and O–H groups in total. The van der Waals surface area contributed by atoms with Crippen LogP contribution in [0.15, 0.2) is 42.5 Å². The van der Waals surface area contributed by atoms with Gasteiger partial charge in [-0.25, -0.2) is 0 Å². The monoisotopic (exact) mass is 272 g/mol. The number of nitrogens with two attached hydrogens (primary N) is 1. The molecule has 0 fully saturated rings. The van der Waals surface area contributed by atoms with Crippen LogP contribution in [-0.2, 0) is 4.79 Å². The summed E-state index contributed by atoms with van der Waals surface area (Å²) in [4.78, 5) is 11.8. The molecular formula is C17H24N2O. The Labute approximate surface area is 121 Å². The first-order valence-corrected chi connectivity index (χ1v) is 7.48. The first-order chi connectivity index (χ1) is 9.75. The van der Waals surface area contributed by atoms with Gasteiger partial charge in [0, 0.05) is 19.0 Å². The molecule has 1 aliphatic rings. The second-order valence-electron chi connectivity index (χ2n) is 5.51. The van der Waals surface area contributed by atoms with Gasteiger partial charge in [0.05, 0.1) is 0 Å². The van der Waals surface area contributed by atoms with Crippen LogP contribution in [0.5, 0.6) is 0 Å². The predicted octanol–water partition coefficient (Wildman–Crippen LogP) is 2.94. The minimum atomic E-state index is -0.0560. The zero-order chi connectivity index (χ0) is 14.2. The maximum absolute atomic E-state index is 11.8. The zero-order valence-electron chi connectivity index (χ0n) is 11.9. The summed E-state index contributed by atoms with van der Waals surface area (Å²) in [6, 6.07) is 9.90. The van der Waals surface area contributed by atoms with Crippen molar-refractivity contribution in [1.82, 2.24) is 5.32 Å². The minimum Gasteiger partial charge on any atom is -0.356 e. The Morgan fingerprint density at radius 2 is 2.10 bits per heavy atom. The summed E-state index contributed by atoms with van der Waals surface area (Å²) in [5.41, 5.74) is 7.19. The maximum atomic E-state index is 11.8. The van der Waals surface area contributed by atoms with Crippen molar-refractivity contribution in [3.05, 3.63) is 48.0 Å². The van der Waals surface area contributed by atoms with Crippen LogP contribution in [0.25, 0.3) is 0 Å². The number of rotatable bonds is 6. The molecule has 1 aromatic carbocycles. The molecule has 0 saturated carbocycles. The minimum absolute atomic E-state index is 0.0560. The summed E-state index contributed by atoms with van der Waals surface area (Å²) in [7, 11) is 0. The third kappa shape index (κ3) is 4.82. The van der Waals surface area contributed by atoms with Gasteiger partial charge in [-0.3, -0.25) is 4.79 Å². The van der Waals surface area contributed by atoms with Gasteiger partial charge >= 0.3 is 0 Å². The average Bonchev–Trinajstić information content (AvgIpc) is 2.52. The molecule has 2 unspecified atom stereocenters. The number of hydrogen-bond acceptors (Lipinski definition) is 2. The first-order valence-electron chi connectivity index (χ1n) is 7.48. The van der Waals surface area contributed by atoms with Crippen LogP contribution in [0.4, 0.5) is 0 Å². The van der Waals surface area contributed by atoms with Gasteiger partial charge in [-0.2, -0.15) is 0 Å². The van der Waals surface area contributed by atoms with E-state index < -0.39 is 0 Å². The van der Waals surface area contributed by atoms with Crippen molar-refractivity contribution in [1.29, 1.82) is 0 Å². The van der Waals surface area contributed by atoms with Gasteiger partial charge in [-0.1, -0.05) is 42.5 Å². The Bertz CT molecular complexity index is 442. The van der Waals surface area contributed by atoms with E-state index in [2.05, 4.69) is 17.5 Å². The van der Waals surface area contributed by atoms with Gasteiger partial charge in [-0.05, 0) is 37.2 Å². The molecule has 2 rings (SSSR count). The van der Waals surface area contributed by atoms with Crippen molar-refractivity contribution in [2.75, 3.05) is 6.54 Å². The number of nitrogens with one attached hydrogen (secondary N) is 1. The number of benzene rings is 1. The Morgan fingerprint density at radius 3 is 2.80 bits per heavy atom. The predicted molar refractivity (Wildman–Crippen MR) is 82.1 cm³/mol. The second-order valence-corrected chi connectivity index (χ2v) is 5.51. The smallest absolute Gasteiger partial charge is 0.220 e. The van der Waals surface area contributed by atoms with Crippen molar-refractivity contribution in [3.63, 3.8) is 0 Å². The van der Waals surface area contributed by atoms with Gasteiger partial charge in [0.25, 0.3) is 0 Å². The number of allylic oxidation sites excluding steroid dienone is 2. The SMILES string of the molecule is NC(CCC(=O)NCC1CC=CCC1)c1ccccc1. The van der Waals surface area contributed by atoms with Gasteiger partial charge in [0.1, 0.15) is 0 Å². The molecule has 0 heterocycles. The second kappa shape index (κ2) is 7.85. The topological polar surface area (TPSA) is 55.1 Å². The molecule has 2 atom stereocenters. The standard InChI is InChI=1S/C17H24N2O/c18-16(15-9-5-2-6-10-15)11-12-17(20)19-13-14-7-3-1-4-8-14/h1-3,5-6,9-10,14,16H,4,7-8,11-13,18H2,(H,19,20). The average molecular weight is 272 g/mol. The summed E-state index contributed by atoms with van der Waals surface area (Å²) in [5, 5.41) is 3.03. The van der Waals surface area contributed by atoms with Crippen LogP contribution in [-0.4, -0.2) is 12.5 Å². The lowest BCUT2D eigenvalue weighted by Crippen LogP contribution is -2.30. The molecule has 0 radical (unpaired) electrons. The van der Waals surface area contributed by atoms with Gasteiger partial charge in [0.2, 0.25) is 5.91 Å². The molecule has 20 heavy (non-hydrogen) atoms. The lowest BCUT2D eigenvalue weighted by molar-refractivity contribution is -0.121. The Hall–Kier alpha value is -1.61. The molecule has 3 nitrogen and oxygen atoms in total. The van der Waals surface area contributed by atoms with Crippen LogP contribution in [0.2, 0.25) is 0 Å². The van der Waals surface area contributed by atoms with Crippen LogP contribution in [0.3, 0.4) is 0 Å². The third-order valence-electron chi connectivity index (χ3n) is 3.88. The van der Waals surface area contributed by atoms with E-state index in [0.717, 1.165) is 24.9 Å². The van der Waals surface area contributed by atoms with Crippen molar-refractivity contribution in [2.45, 2.75) is 38.1 Å². The number of amides is 1. The highest BCUT2D eigenvalue weighted by molar-refractivity contribution is 5.75. The van der Waals surface area contributed by atoms with Crippen molar-refractivity contribution in [2.24, 2.45) is 11.7 Å². The molecule has 1 amide bonds. The fourth-order valence-corrected chi connectivity index (χ4v) is 2.54. The molecule has 3 heteroatoms. The zero-order valence-corrected chi connectivity index (χ0v) is 11.9. The molecule has 1 aliphatic carbocycles. The highest BCUT2D eigenvalue weighted by Crippen LogP contribution is 2.17. The quantitative estimate of drug-likeness (QED) is 0.782. The highest BCUT2D eigenvalue weighted by Gasteiger charge is 2.12. The van der Waals surface area contributed by atoms with E-state index in [1.54, 1.807) is 0 Å². The largest absolute Gasteiger partial charge is 0.356 e. The normalized spacial score (nSPS) is 19.6. The van der Waals surface area contributed by atoms with Gasteiger partial charge < -0.3 is 11.1 Å². The van der Waals surface area contributed by atoms with E-state index >= 15 is 0 Å². The summed E-state index contributed by atoms with van der Waals surface area (Å²) in [5.74, 6) is 0.720. The van der Waals surface area contributed by atoms with Crippen LogP contribution >= 0.6 is 0 Å². The van der Waals surface area contributed by atoms with E-state index in [-0.39, 0.29) is 11.9 Å². The summed E-state index contributed by atoms with van der Waals surface area (Å²) < 4.78 is 0. The lowest BCUT2D eigenvalue weighted by Gasteiger charge is -2.18. The third-order valence-corrected chi connectivity index (χ3v) is 3.88. The summed E-state index contributed by atoms with van der Waals surface area (Å²) in [6.07, 6.45) is 9.03. The molecule has 0 bridgehead atoms. The summed E-state index contributed by atoms with van der Waals surface area (Å²) in [6.45, 7) is 0.795. The maximum Gasteiger partial charge on any atom is 0.220 e. The van der Waals surface area contributed by atoms with E-state index in [1.165, 1.54) is 6.42 Å². The Kier molecular flexibility index (Phi) is 5.81. The molecule has 0 saturated heterocycles. The number of carbonyl (C=O) groups is 1. The molecular weight excluding hydrogens is 248 g/mol. The number of carbonyl (C=O) groups excluding carboxylic acids is 1. The van der Waals surface area contributed by atoms with Crippen molar-refractivity contribution < 1.29 is 4.79 Å². The van der Waals surface area contributed by atoms with E-state index in [1.807, 2.05) is 30.3 Å². The van der Waals surface area contributed by atoms with Crippen molar-refractivity contribution >= 4 is 5.91 Å². The van der Waals surface area contributed by atoms with Gasteiger partial charge in [0.15, 0.2) is 0 Å². The highest BCUT2D eigenvalue weighted by atomic mass is 16.1. The van der Waals surface area contributed by atoms with Crippen molar-refractivity contribution in [3.8, 4) is 0 Å². The number of hydrogen-bond donors (Lipinski definition) is 2. The summed E-state index contributed by atoms with van der Waals surface area (Å²) >= 11 is 0. The molecule has 1 aromatic rings. The lowest BCUT2D eigenvalue weighted by atomic mass is 9.94. The fourth-order valence-electron chi connectivity index (χ4n) is 2.54. The van der Waals surface area contributed by atoms with E-state index in [4.69, 9.17) is 5.73 Å². The first kappa shape index (κ1) is 14.8. The van der Waals surface area contributed by atoms with Crippen LogP contribution < -0.4 is 11.1 Å². The van der Waals surface area contributed by atoms with Crippen LogP contribution in [0, 0.1) is 5.92 Å². The molecule has 0 spiro atoms. The Balaban J connectivity index is 1.66. The Morgan fingerprint density at radius 1 is 1.30 bits per heavy atom. The van der Waals surface area contributed by atoms with E-state index in [9.17, 15) is 4.79 Å². The molecule has 0 aliphatic heterocycles. The van der Waals surface area contributed by atoms with Gasteiger partial charge in [-0.15, -0.1) is 0 Å². The molecule has 108 valence electrons. The van der Waals surface area contributed by atoms with Crippen LogP contribution in [0.1, 0.15) is 43.7 Å². The van der Waals surface area contributed by atoms with E-state index in [0.29, 0.717) is 18.8 Å². The molecule has 0 aromatic heterocycles.